The van der Waals surface area contributed by atoms with Crippen LogP contribution in [0.25, 0.3) is 0 Å². The summed E-state index contributed by atoms with van der Waals surface area (Å²) in [6.45, 7) is 1.38. The first kappa shape index (κ1) is 5.32. The molecule has 0 aromatic rings. The molecule has 0 saturated carbocycles. The lowest BCUT2D eigenvalue weighted by Crippen LogP contribution is -2.27. The molecule has 0 aliphatic carbocycles. The molecule has 0 atom stereocenters. The third kappa shape index (κ3) is 1.61. The summed E-state index contributed by atoms with van der Waals surface area (Å²) in [7, 11) is 2.52. The van der Waals surface area contributed by atoms with Crippen LogP contribution in [0.3, 0.4) is 0 Å². The Balaban J connectivity index is 2.12. The average Bonchev–Trinajstić information content (AvgIpc) is 1.69. The molecule has 0 N–H and O–H groups in total. The van der Waals surface area contributed by atoms with Gasteiger partial charge in [-0.05, 0) is 26.1 Å². The fourth-order valence-electron chi connectivity index (χ4n) is 1.05. The van der Waals surface area contributed by atoms with Gasteiger partial charge in [-0.1, -0.05) is 6.42 Å². The molecule has 0 aromatic heterocycles. The Kier molecular flexibility index (Phi) is 1.88. The molecule has 1 aliphatic heterocycles. The van der Waals surface area contributed by atoms with Gasteiger partial charge >= 0.3 is 0 Å². The van der Waals surface area contributed by atoms with Gasteiger partial charge in [-0.15, -0.1) is 0 Å². The van der Waals surface area contributed by atoms with E-state index in [0.717, 1.165) is 0 Å². The molecular weight excluding hydrogens is 102 g/mol. The van der Waals surface area contributed by atoms with Gasteiger partial charge in [-0.2, -0.15) is 0 Å². The quantitative estimate of drug-likeness (QED) is 0.408. The topological polar surface area (TPSA) is 3.24 Å². The predicted octanol–water partition coefficient (Wildman–Crippen LogP) is 0.214. The first-order valence-electron chi connectivity index (χ1n) is 3.08. The summed E-state index contributed by atoms with van der Waals surface area (Å²) in [6.07, 6.45) is 2.96. The SMILES string of the molecule is CN1CCCC[SiH2]1. The Morgan fingerprint density at radius 3 is 2.57 bits per heavy atom. The van der Waals surface area contributed by atoms with Crippen molar-refractivity contribution in [2.45, 2.75) is 18.9 Å². The van der Waals surface area contributed by atoms with Crippen LogP contribution in [0.4, 0.5) is 0 Å². The Labute approximate surface area is 47.6 Å². The number of hydrogen-bond acceptors (Lipinski definition) is 1. The minimum absolute atomic E-state index is 0.266. The zero-order chi connectivity index (χ0) is 5.11. The van der Waals surface area contributed by atoms with Gasteiger partial charge in [0.25, 0.3) is 0 Å². The molecule has 0 bridgehead atoms. The Bertz CT molecular complexity index is 50.0. The maximum Gasteiger partial charge on any atom is 0.0947 e. The maximum atomic E-state index is 2.53. The highest BCUT2D eigenvalue weighted by molar-refractivity contribution is 6.32. The van der Waals surface area contributed by atoms with E-state index in [4.69, 9.17) is 0 Å². The van der Waals surface area contributed by atoms with E-state index >= 15 is 0 Å². The third-order valence-electron chi connectivity index (χ3n) is 1.58. The van der Waals surface area contributed by atoms with E-state index < -0.39 is 0 Å². The van der Waals surface area contributed by atoms with Gasteiger partial charge < -0.3 is 4.57 Å². The second-order valence-electron chi connectivity index (χ2n) is 2.36. The van der Waals surface area contributed by atoms with E-state index in [9.17, 15) is 0 Å². The normalized spacial score (nSPS) is 28.7. The van der Waals surface area contributed by atoms with E-state index in [-0.39, 0.29) is 9.68 Å². The monoisotopic (exact) mass is 115 g/mol. The summed E-state index contributed by atoms with van der Waals surface area (Å²) >= 11 is 0. The summed E-state index contributed by atoms with van der Waals surface area (Å²) in [5.41, 5.74) is 0. The van der Waals surface area contributed by atoms with Crippen LogP contribution < -0.4 is 0 Å². The van der Waals surface area contributed by atoms with Gasteiger partial charge in [-0.25, -0.2) is 0 Å². The highest BCUT2D eigenvalue weighted by atomic mass is 28.2. The lowest BCUT2D eigenvalue weighted by molar-refractivity contribution is 0.479. The van der Waals surface area contributed by atoms with Crippen LogP contribution in [0.2, 0.25) is 6.04 Å². The van der Waals surface area contributed by atoms with E-state index in [1.165, 1.54) is 19.4 Å². The fourth-order valence-corrected chi connectivity index (χ4v) is 2.62. The molecule has 0 spiro atoms. The number of rotatable bonds is 0. The van der Waals surface area contributed by atoms with Crippen LogP contribution in [0.5, 0.6) is 0 Å². The van der Waals surface area contributed by atoms with Crippen LogP contribution >= 0.6 is 0 Å². The van der Waals surface area contributed by atoms with Crippen molar-refractivity contribution in [3.05, 3.63) is 0 Å². The third-order valence-corrected chi connectivity index (χ3v) is 3.48. The molecular formula is C5H13NSi. The van der Waals surface area contributed by atoms with Gasteiger partial charge in [0.15, 0.2) is 0 Å². The van der Waals surface area contributed by atoms with Crippen LogP contribution in [-0.2, 0) is 0 Å². The molecule has 1 rings (SSSR count). The Morgan fingerprint density at radius 2 is 2.29 bits per heavy atom. The minimum Gasteiger partial charge on any atom is -0.332 e. The van der Waals surface area contributed by atoms with Crippen LogP contribution in [0, 0.1) is 0 Å². The molecule has 1 nitrogen and oxygen atoms in total. The van der Waals surface area contributed by atoms with Gasteiger partial charge in [0.1, 0.15) is 0 Å². The first-order chi connectivity index (χ1) is 3.39. The van der Waals surface area contributed by atoms with Gasteiger partial charge in [0, 0.05) is 0 Å². The smallest absolute Gasteiger partial charge is 0.0947 e. The van der Waals surface area contributed by atoms with Gasteiger partial charge in [-0.3, -0.25) is 0 Å². The van der Waals surface area contributed by atoms with Crippen molar-refractivity contribution >= 4 is 9.68 Å². The lowest BCUT2D eigenvalue weighted by Gasteiger charge is -2.20. The van der Waals surface area contributed by atoms with Gasteiger partial charge in [0.05, 0.1) is 9.68 Å². The van der Waals surface area contributed by atoms with Crippen molar-refractivity contribution in [3.8, 4) is 0 Å². The maximum absolute atomic E-state index is 2.53. The second kappa shape index (κ2) is 2.48. The fraction of sp³-hybridized carbons (Fsp3) is 1.00. The molecule has 1 saturated heterocycles. The highest BCUT2D eigenvalue weighted by Crippen LogP contribution is 2.03. The molecule has 0 radical (unpaired) electrons. The average molecular weight is 115 g/mol. The van der Waals surface area contributed by atoms with E-state index in [1.807, 2.05) is 0 Å². The zero-order valence-electron chi connectivity index (χ0n) is 4.98. The first-order valence-corrected chi connectivity index (χ1v) is 4.71. The molecule has 1 aliphatic rings. The Hall–Kier alpha value is 0.177. The zero-order valence-corrected chi connectivity index (χ0v) is 6.40. The van der Waals surface area contributed by atoms with Crippen LogP contribution in [-0.4, -0.2) is 27.8 Å². The van der Waals surface area contributed by atoms with Crippen molar-refractivity contribution in [1.29, 1.82) is 0 Å². The number of nitrogens with zero attached hydrogens (tertiary/aromatic N) is 1. The van der Waals surface area contributed by atoms with Crippen molar-refractivity contribution in [3.63, 3.8) is 0 Å². The summed E-state index contributed by atoms with van der Waals surface area (Å²) in [5, 5.41) is 0. The molecule has 0 aromatic carbocycles. The molecule has 42 valence electrons. The molecule has 7 heavy (non-hydrogen) atoms. The van der Waals surface area contributed by atoms with Crippen LogP contribution in [0.15, 0.2) is 0 Å². The predicted molar refractivity (Wildman–Crippen MR) is 35.2 cm³/mol. The molecule has 2 heteroatoms. The molecule has 1 heterocycles. The minimum atomic E-state index is 0.266. The van der Waals surface area contributed by atoms with E-state index in [1.54, 1.807) is 6.04 Å². The molecule has 1 fully saturated rings. The lowest BCUT2D eigenvalue weighted by atomic mass is 10.3. The van der Waals surface area contributed by atoms with Crippen molar-refractivity contribution < 1.29 is 0 Å². The number of hydrogen-bond donors (Lipinski definition) is 0. The van der Waals surface area contributed by atoms with Crippen LogP contribution in [0.1, 0.15) is 12.8 Å². The largest absolute Gasteiger partial charge is 0.332 e. The van der Waals surface area contributed by atoms with Crippen molar-refractivity contribution in [2.75, 3.05) is 13.6 Å². The van der Waals surface area contributed by atoms with Crippen molar-refractivity contribution in [1.82, 2.24) is 4.57 Å². The summed E-state index contributed by atoms with van der Waals surface area (Å²) in [5.74, 6) is 0. The second-order valence-corrected chi connectivity index (χ2v) is 4.60. The molecule has 0 amide bonds. The molecule has 0 unspecified atom stereocenters. The standard InChI is InChI=1S/C5H13NSi/c1-6-4-2-3-5-7-6/h2-5,7H2,1H3. The van der Waals surface area contributed by atoms with E-state index in [0.29, 0.717) is 0 Å². The van der Waals surface area contributed by atoms with E-state index in [2.05, 4.69) is 11.6 Å². The Morgan fingerprint density at radius 1 is 1.43 bits per heavy atom. The highest BCUT2D eigenvalue weighted by Gasteiger charge is 2.03. The summed E-state index contributed by atoms with van der Waals surface area (Å²) < 4.78 is 2.53. The van der Waals surface area contributed by atoms with Gasteiger partial charge in [0.2, 0.25) is 0 Å². The van der Waals surface area contributed by atoms with Crippen molar-refractivity contribution in [2.24, 2.45) is 0 Å². The summed E-state index contributed by atoms with van der Waals surface area (Å²) in [6, 6.07) is 1.55. The summed E-state index contributed by atoms with van der Waals surface area (Å²) in [4.78, 5) is 0.